The Balaban J connectivity index is 3.99. The average molecular weight is 229 g/mol. The van der Waals surface area contributed by atoms with Gasteiger partial charge in [-0.05, 0) is 20.3 Å². The first-order chi connectivity index (χ1) is 7.47. The molecule has 0 amide bonds. The fourth-order valence-electron chi connectivity index (χ4n) is 1.17. The number of carbonyl (C=O) groups excluding carboxylic acids is 1. The fraction of sp³-hybridized carbons (Fsp3) is 0.636. The van der Waals surface area contributed by atoms with Crippen molar-refractivity contribution in [3.8, 4) is 0 Å². The standard InChI is InChI=1S/C11H19NO4/c1-4-16-11(15)9(2)8-12(3)7-5-6-10(13)14/h8H,4-7H2,1-3H3,(H,13,14). The second-order valence-electron chi connectivity index (χ2n) is 3.51. The van der Waals surface area contributed by atoms with E-state index in [2.05, 4.69) is 0 Å². The van der Waals surface area contributed by atoms with Crippen LogP contribution in [0.5, 0.6) is 0 Å². The van der Waals surface area contributed by atoms with Crippen molar-refractivity contribution in [1.29, 1.82) is 0 Å². The topological polar surface area (TPSA) is 66.8 Å². The van der Waals surface area contributed by atoms with E-state index < -0.39 is 5.97 Å². The normalized spacial score (nSPS) is 11.1. The average Bonchev–Trinajstić information content (AvgIpc) is 2.17. The molecule has 0 aliphatic rings. The summed E-state index contributed by atoms with van der Waals surface area (Å²) in [5.41, 5.74) is 0.514. The highest BCUT2D eigenvalue weighted by atomic mass is 16.5. The van der Waals surface area contributed by atoms with Crippen LogP contribution in [0.2, 0.25) is 0 Å². The van der Waals surface area contributed by atoms with E-state index in [1.807, 2.05) is 0 Å². The van der Waals surface area contributed by atoms with Crippen LogP contribution in [-0.2, 0) is 14.3 Å². The molecule has 0 saturated heterocycles. The Labute approximate surface area is 95.7 Å². The molecular formula is C11H19NO4. The first kappa shape index (κ1) is 14.5. The van der Waals surface area contributed by atoms with Crippen molar-refractivity contribution in [3.05, 3.63) is 11.8 Å². The zero-order valence-corrected chi connectivity index (χ0v) is 10.0. The van der Waals surface area contributed by atoms with Gasteiger partial charge in [0, 0.05) is 31.8 Å². The number of nitrogens with zero attached hydrogens (tertiary/aromatic N) is 1. The second kappa shape index (κ2) is 7.73. The van der Waals surface area contributed by atoms with E-state index in [0.29, 0.717) is 25.1 Å². The molecule has 16 heavy (non-hydrogen) atoms. The Morgan fingerprint density at radius 3 is 2.56 bits per heavy atom. The molecule has 0 aliphatic carbocycles. The predicted molar refractivity (Wildman–Crippen MR) is 59.9 cm³/mol. The molecule has 0 atom stereocenters. The molecule has 0 heterocycles. The van der Waals surface area contributed by atoms with Crippen molar-refractivity contribution in [2.45, 2.75) is 26.7 Å². The van der Waals surface area contributed by atoms with Gasteiger partial charge in [0.25, 0.3) is 0 Å². The molecule has 0 fully saturated rings. The Morgan fingerprint density at radius 1 is 1.44 bits per heavy atom. The van der Waals surface area contributed by atoms with Gasteiger partial charge in [-0.1, -0.05) is 0 Å². The number of hydrogen-bond acceptors (Lipinski definition) is 4. The molecule has 0 aromatic rings. The molecule has 92 valence electrons. The van der Waals surface area contributed by atoms with Gasteiger partial charge in [-0.2, -0.15) is 0 Å². The lowest BCUT2D eigenvalue weighted by molar-refractivity contribution is -0.139. The van der Waals surface area contributed by atoms with Crippen LogP contribution in [0.3, 0.4) is 0 Å². The summed E-state index contributed by atoms with van der Waals surface area (Å²) in [4.78, 5) is 23.3. The van der Waals surface area contributed by atoms with E-state index in [1.165, 1.54) is 0 Å². The number of carbonyl (C=O) groups is 2. The summed E-state index contributed by atoms with van der Waals surface area (Å²) in [6, 6.07) is 0. The molecule has 0 radical (unpaired) electrons. The Hall–Kier alpha value is -1.52. The van der Waals surface area contributed by atoms with E-state index in [4.69, 9.17) is 9.84 Å². The van der Waals surface area contributed by atoms with E-state index in [9.17, 15) is 9.59 Å². The van der Waals surface area contributed by atoms with Crippen molar-refractivity contribution in [2.24, 2.45) is 0 Å². The number of carboxylic acids is 1. The van der Waals surface area contributed by atoms with Crippen molar-refractivity contribution >= 4 is 11.9 Å². The molecule has 1 N–H and O–H groups in total. The Kier molecular flexibility index (Phi) is 7.00. The van der Waals surface area contributed by atoms with E-state index in [0.717, 1.165) is 0 Å². The molecule has 0 aliphatic heterocycles. The highest BCUT2D eigenvalue weighted by molar-refractivity contribution is 5.87. The van der Waals surface area contributed by atoms with E-state index in [-0.39, 0.29) is 12.4 Å². The number of carboxylic acid groups (broad SMARTS) is 1. The van der Waals surface area contributed by atoms with Gasteiger partial charge in [-0.15, -0.1) is 0 Å². The van der Waals surface area contributed by atoms with Gasteiger partial charge >= 0.3 is 11.9 Å². The number of aliphatic carboxylic acids is 1. The molecule has 0 aromatic carbocycles. The minimum absolute atomic E-state index is 0.136. The van der Waals surface area contributed by atoms with Crippen molar-refractivity contribution in [3.63, 3.8) is 0 Å². The summed E-state index contributed by atoms with van der Waals surface area (Å²) in [6.45, 7) is 4.38. The van der Waals surface area contributed by atoms with Crippen molar-refractivity contribution in [2.75, 3.05) is 20.2 Å². The maximum absolute atomic E-state index is 11.2. The Bertz CT molecular complexity index is 273. The monoisotopic (exact) mass is 229 g/mol. The van der Waals surface area contributed by atoms with Crippen LogP contribution in [0.25, 0.3) is 0 Å². The molecule has 0 unspecified atom stereocenters. The van der Waals surface area contributed by atoms with Gasteiger partial charge in [-0.3, -0.25) is 4.79 Å². The maximum Gasteiger partial charge on any atom is 0.335 e. The first-order valence-electron chi connectivity index (χ1n) is 5.25. The number of esters is 1. The predicted octanol–water partition coefficient (Wildman–Crippen LogP) is 1.25. The minimum Gasteiger partial charge on any atom is -0.481 e. The van der Waals surface area contributed by atoms with Crippen LogP contribution in [0.4, 0.5) is 0 Å². The fourth-order valence-corrected chi connectivity index (χ4v) is 1.17. The third-order valence-corrected chi connectivity index (χ3v) is 1.91. The zero-order chi connectivity index (χ0) is 12.6. The molecule has 5 nitrogen and oxygen atoms in total. The number of rotatable bonds is 7. The zero-order valence-electron chi connectivity index (χ0n) is 10.0. The van der Waals surface area contributed by atoms with E-state index >= 15 is 0 Å². The summed E-state index contributed by atoms with van der Waals surface area (Å²) in [7, 11) is 1.80. The molecule has 0 rings (SSSR count). The summed E-state index contributed by atoms with van der Waals surface area (Å²) >= 11 is 0. The Morgan fingerprint density at radius 2 is 2.06 bits per heavy atom. The van der Waals surface area contributed by atoms with Gasteiger partial charge in [-0.25, -0.2) is 4.79 Å². The van der Waals surface area contributed by atoms with Crippen molar-refractivity contribution < 1.29 is 19.4 Å². The van der Waals surface area contributed by atoms with Crippen LogP contribution in [-0.4, -0.2) is 42.1 Å². The smallest absolute Gasteiger partial charge is 0.335 e. The quantitative estimate of drug-likeness (QED) is 0.525. The van der Waals surface area contributed by atoms with Crippen LogP contribution in [0.1, 0.15) is 26.7 Å². The van der Waals surface area contributed by atoms with Crippen molar-refractivity contribution in [1.82, 2.24) is 4.90 Å². The summed E-state index contributed by atoms with van der Waals surface area (Å²) < 4.78 is 4.82. The van der Waals surface area contributed by atoms with Crippen LogP contribution in [0.15, 0.2) is 11.8 Å². The van der Waals surface area contributed by atoms with Gasteiger partial charge < -0.3 is 14.7 Å². The lowest BCUT2D eigenvalue weighted by Crippen LogP contribution is -2.16. The number of hydrogen-bond donors (Lipinski definition) is 1. The van der Waals surface area contributed by atoms with Gasteiger partial charge in [0.2, 0.25) is 0 Å². The first-order valence-corrected chi connectivity index (χ1v) is 5.25. The molecule has 0 aromatic heterocycles. The summed E-state index contributed by atoms with van der Waals surface area (Å²) in [5, 5.41) is 8.46. The van der Waals surface area contributed by atoms with Crippen LogP contribution in [0, 0.1) is 0 Å². The second-order valence-corrected chi connectivity index (χ2v) is 3.51. The molecule has 0 saturated carbocycles. The third-order valence-electron chi connectivity index (χ3n) is 1.91. The summed E-state index contributed by atoms with van der Waals surface area (Å²) in [6.07, 6.45) is 2.36. The highest BCUT2D eigenvalue weighted by Crippen LogP contribution is 2.00. The summed E-state index contributed by atoms with van der Waals surface area (Å²) in [5.74, 6) is -1.15. The molecule has 5 heteroatoms. The molecular weight excluding hydrogens is 210 g/mol. The maximum atomic E-state index is 11.2. The lowest BCUT2D eigenvalue weighted by atomic mass is 10.3. The third kappa shape index (κ3) is 6.86. The molecule has 0 spiro atoms. The SMILES string of the molecule is CCOC(=O)C(C)=CN(C)CCCC(=O)O. The van der Waals surface area contributed by atoms with E-state index in [1.54, 1.807) is 32.0 Å². The van der Waals surface area contributed by atoms with Crippen LogP contribution >= 0.6 is 0 Å². The lowest BCUT2D eigenvalue weighted by Gasteiger charge is -2.14. The van der Waals surface area contributed by atoms with Crippen LogP contribution < -0.4 is 0 Å². The van der Waals surface area contributed by atoms with Gasteiger partial charge in [0.1, 0.15) is 0 Å². The van der Waals surface area contributed by atoms with Gasteiger partial charge in [0.05, 0.1) is 6.61 Å². The minimum atomic E-state index is -0.806. The molecule has 0 bridgehead atoms. The highest BCUT2D eigenvalue weighted by Gasteiger charge is 2.05. The largest absolute Gasteiger partial charge is 0.481 e. The van der Waals surface area contributed by atoms with Gasteiger partial charge in [0.15, 0.2) is 0 Å². The number of ether oxygens (including phenoxy) is 1.